The molecule has 98 valence electrons. The third-order valence-electron chi connectivity index (χ3n) is 3.94. The second kappa shape index (κ2) is 5.22. The molecule has 0 radical (unpaired) electrons. The molecule has 0 aliphatic heterocycles. The van der Waals surface area contributed by atoms with E-state index in [0.717, 1.165) is 34.9 Å². The molecule has 1 aromatic carbocycles. The van der Waals surface area contributed by atoms with Gasteiger partial charge in [-0.15, -0.1) is 0 Å². The van der Waals surface area contributed by atoms with E-state index in [1.165, 1.54) is 0 Å². The normalized spacial score (nSPS) is 18.6. The van der Waals surface area contributed by atoms with Gasteiger partial charge in [0.1, 0.15) is 0 Å². The molecule has 0 atom stereocenters. The number of rotatable bonds is 2. The summed E-state index contributed by atoms with van der Waals surface area (Å²) in [5, 5.41) is 10.3. The summed E-state index contributed by atoms with van der Waals surface area (Å²) in [7, 11) is 0. The lowest BCUT2D eigenvalue weighted by Gasteiger charge is -2.35. The molecule has 1 saturated carbocycles. The van der Waals surface area contributed by atoms with Crippen molar-refractivity contribution in [2.24, 2.45) is 0 Å². The number of aliphatic carboxylic acids is 1. The van der Waals surface area contributed by atoms with E-state index in [1.54, 1.807) is 0 Å². The molecule has 0 saturated heterocycles. The molecule has 0 amide bonds. The molecule has 0 unspecified atom stereocenters. The Labute approximate surface area is 120 Å². The smallest absolute Gasteiger partial charge is 0.314 e. The zero-order chi connectivity index (χ0) is 13.3. The second-order valence-electron chi connectivity index (χ2n) is 5.01. The van der Waals surface area contributed by atoms with E-state index in [2.05, 4.69) is 15.9 Å². The molecule has 1 aromatic rings. The number of carboxylic acid groups (broad SMARTS) is 1. The Morgan fingerprint density at radius 2 is 1.94 bits per heavy atom. The third-order valence-corrected chi connectivity index (χ3v) is 4.79. The van der Waals surface area contributed by atoms with Gasteiger partial charge in [-0.2, -0.15) is 0 Å². The molecular weight excluding hydrogens is 316 g/mol. The minimum atomic E-state index is -0.754. The molecule has 2 nitrogen and oxygen atoms in total. The summed E-state index contributed by atoms with van der Waals surface area (Å²) in [5.74, 6) is -0.723. The quantitative estimate of drug-likeness (QED) is 0.853. The molecule has 2 rings (SSSR count). The molecule has 0 aromatic heterocycles. The first-order chi connectivity index (χ1) is 8.47. The first kappa shape index (κ1) is 13.9. The standard InChI is InChI=1S/C14H16BrClO2/c1-9-11(7-10(15)8-12(9)16)14(13(17)18)5-3-2-4-6-14/h7-8H,2-6H2,1H3,(H,17,18). The molecule has 4 heteroatoms. The first-order valence-electron chi connectivity index (χ1n) is 6.17. The van der Waals surface area contributed by atoms with E-state index in [4.69, 9.17) is 11.6 Å². The van der Waals surface area contributed by atoms with E-state index >= 15 is 0 Å². The van der Waals surface area contributed by atoms with Crippen LogP contribution in [0, 0.1) is 6.92 Å². The Morgan fingerprint density at radius 1 is 1.33 bits per heavy atom. The third kappa shape index (κ3) is 2.30. The molecule has 1 N–H and O–H groups in total. The average Bonchev–Trinajstić information content (AvgIpc) is 2.34. The molecule has 1 aliphatic rings. The van der Waals surface area contributed by atoms with Gasteiger partial charge in [0.15, 0.2) is 0 Å². The van der Waals surface area contributed by atoms with Crippen molar-refractivity contribution in [3.63, 3.8) is 0 Å². The summed E-state index contributed by atoms with van der Waals surface area (Å²) in [4.78, 5) is 11.8. The predicted molar refractivity (Wildman–Crippen MR) is 76.3 cm³/mol. The lowest BCUT2D eigenvalue weighted by atomic mass is 9.68. The van der Waals surface area contributed by atoms with Crippen LogP contribution in [0.1, 0.15) is 43.2 Å². The minimum absolute atomic E-state index is 0.630. The highest BCUT2D eigenvalue weighted by Crippen LogP contribution is 2.43. The van der Waals surface area contributed by atoms with Crippen LogP contribution in [0.15, 0.2) is 16.6 Å². The van der Waals surface area contributed by atoms with Crippen LogP contribution in [-0.2, 0) is 10.2 Å². The van der Waals surface area contributed by atoms with Gasteiger partial charge in [0.2, 0.25) is 0 Å². The summed E-state index contributed by atoms with van der Waals surface area (Å²) < 4.78 is 0.847. The number of halogens is 2. The number of benzene rings is 1. The molecular formula is C14H16BrClO2. The van der Waals surface area contributed by atoms with Gasteiger partial charge >= 0.3 is 5.97 Å². The average molecular weight is 332 g/mol. The van der Waals surface area contributed by atoms with Crippen LogP contribution in [0.5, 0.6) is 0 Å². The van der Waals surface area contributed by atoms with Crippen molar-refractivity contribution < 1.29 is 9.90 Å². The van der Waals surface area contributed by atoms with Gasteiger partial charge in [-0.25, -0.2) is 0 Å². The van der Waals surface area contributed by atoms with Crippen LogP contribution < -0.4 is 0 Å². The highest BCUT2D eigenvalue weighted by molar-refractivity contribution is 9.10. The molecule has 0 spiro atoms. The Kier molecular flexibility index (Phi) is 4.02. The Bertz CT molecular complexity index is 479. The lowest BCUT2D eigenvalue weighted by Crippen LogP contribution is -2.38. The Morgan fingerprint density at radius 3 is 2.50 bits per heavy atom. The monoisotopic (exact) mass is 330 g/mol. The van der Waals surface area contributed by atoms with Gasteiger partial charge < -0.3 is 5.11 Å². The summed E-state index contributed by atoms with van der Waals surface area (Å²) in [6.45, 7) is 1.91. The van der Waals surface area contributed by atoms with Gasteiger partial charge in [0.25, 0.3) is 0 Å². The van der Waals surface area contributed by atoms with Crippen LogP contribution in [0.2, 0.25) is 5.02 Å². The van der Waals surface area contributed by atoms with Gasteiger partial charge in [-0.1, -0.05) is 46.8 Å². The molecule has 18 heavy (non-hydrogen) atoms. The Balaban J connectivity index is 2.59. The van der Waals surface area contributed by atoms with Gasteiger partial charge in [0, 0.05) is 9.50 Å². The summed E-state index contributed by atoms with van der Waals surface area (Å²) in [6, 6.07) is 3.74. The van der Waals surface area contributed by atoms with Crippen molar-refractivity contribution >= 4 is 33.5 Å². The largest absolute Gasteiger partial charge is 0.481 e. The van der Waals surface area contributed by atoms with E-state index in [-0.39, 0.29) is 0 Å². The zero-order valence-corrected chi connectivity index (χ0v) is 12.6. The topological polar surface area (TPSA) is 37.3 Å². The van der Waals surface area contributed by atoms with Gasteiger partial charge in [-0.05, 0) is 43.0 Å². The maximum absolute atomic E-state index is 11.8. The second-order valence-corrected chi connectivity index (χ2v) is 6.33. The van der Waals surface area contributed by atoms with E-state index in [1.807, 2.05) is 19.1 Å². The highest BCUT2D eigenvalue weighted by atomic mass is 79.9. The SMILES string of the molecule is Cc1c(Cl)cc(Br)cc1C1(C(=O)O)CCCCC1. The van der Waals surface area contributed by atoms with E-state index in [0.29, 0.717) is 17.9 Å². The molecule has 1 aliphatic carbocycles. The molecule has 0 bridgehead atoms. The summed E-state index contributed by atoms with van der Waals surface area (Å²) in [6.07, 6.45) is 4.47. The maximum Gasteiger partial charge on any atom is 0.314 e. The van der Waals surface area contributed by atoms with E-state index in [9.17, 15) is 9.90 Å². The van der Waals surface area contributed by atoms with Crippen molar-refractivity contribution in [3.05, 3.63) is 32.8 Å². The Hall–Kier alpha value is -0.540. The fraction of sp³-hybridized carbons (Fsp3) is 0.500. The fourth-order valence-corrected chi connectivity index (χ4v) is 3.71. The highest BCUT2D eigenvalue weighted by Gasteiger charge is 2.42. The van der Waals surface area contributed by atoms with Crippen molar-refractivity contribution in [3.8, 4) is 0 Å². The molecule has 0 heterocycles. The van der Waals surface area contributed by atoms with Crippen molar-refractivity contribution in [1.29, 1.82) is 0 Å². The van der Waals surface area contributed by atoms with Crippen LogP contribution in [0.3, 0.4) is 0 Å². The minimum Gasteiger partial charge on any atom is -0.481 e. The number of hydrogen-bond acceptors (Lipinski definition) is 1. The zero-order valence-electron chi connectivity index (χ0n) is 10.3. The van der Waals surface area contributed by atoms with Crippen LogP contribution >= 0.6 is 27.5 Å². The summed E-state index contributed by atoms with van der Waals surface area (Å²) >= 11 is 9.59. The van der Waals surface area contributed by atoms with Gasteiger partial charge in [-0.3, -0.25) is 4.79 Å². The first-order valence-corrected chi connectivity index (χ1v) is 7.34. The predicted octanol–water partition coefficient (Wildman–Crippen LogP) is 4.70. The van der Waals surface area contributed by atoms with Crippen LogP contribution in [0.25, 0.3) is 0 Å². The lowest BCUT2D eigenvalue weighted by molar-refractivity contribution is -0.145. The van der Waals surface area contributed by atoms with Crippen LogP contribution in [0.4, 0.5) is 0 Å². The van der Waals surface area contributed by atoms with E-state index < -0.39 is 11.4 Å². The molecule has 1 fully saturated rings. The van der Waals surface area contributed by atoms with Gasteiger partial charge in [0.05, 0.1) is 5.41 Å². The van der Waals surface area contributed by atoms with Crippen molar-refractivity contribution in [2.45, 2.75) is 44.4 Å². The number of carboxylic acids is 1. The number of carbonyl (C=O) groups is 1. The maximum atomic E-state index is 11.8. The fourth-order valence-electron chi connectivity index (χ4n) is 2.90. The van der Waals surface area contributed by atoms with Crippen molar-refractivity contribution in [2.75, 3.05) is 0 Å². The summed E-state index contributed by atoms with van der Waals surface area (Å²) in [5.41, 5.74) is 1.01. The number of hydrogen-bond donors (Lipinski definition) is 1. The van der Waals surface area contributed by atoms with Crippen molar-refractivity contribution in [1.82, 2.24) is 0 Å². The van der Waals surface area contributed by atoms with Crippen LogP contribution in [-0.4, -0.2) is 11.1 Å².